The van der Waals surface area contributed by atoms with Crippen LogP contribution in [-0.4, -0.2) is 15.7 Å². The highest BCUT2D eigenvalue weighted by molar-refractivity contribution is 6.05. The summed E-state index contributed by atoms with van der Waals surface area (Å²) < 4.78 is 1.87. The SMILES string of the molecule is CC(C)(NC(=O)c1nn(CCCCC#N)c2ccccc12)c1ccccc1. The van der Waals surface area contributed by atoms with Crippen molar-refractivity contribution in [2.45, 2.75) is 45.2 Å². The number of aryl methyl sites for hydroxylation is 1. The van der Waals surface area contributed by atoms with Gasteiger partial charge in [-0.1, -0.05) is 48.5 Å². The van der Waals surface area contributed by atoms with Crippen molar-refractivity contribution in [3.63, 3.8) is 0 Å². The Morgan fingerprint density at radius 2 is 1.81 bits per heavy atom. The van der Waals surface area contributed by atoms with Gasteiger partial charge in [0.25, 0.3) is 5.91 Å². The van der Waals surface area contributed by atoms with Gasteiger partial charge in [-0.15, -0.1) is 0 Å². The van der Waals surface area contributed by atoms with Gasteiger partial charge in [-0.3, -0.25) is 9.48 Å². The van der Waals surface area contributed by atoms with Crippen LogP contribution in [0.1, 0.15) is 49.2 Å². The van der Waals surface area contributed by atoms with Gasteiger partial charge in [0, 0.05) is 18.4 Å². The molecule has 1 amide bonds. The fourth-order valence-electron chi connectivity index (χ4n) is 3.20. The molecular formula is C22H24N4O. The molecule has 1 N–H and O–H groups in total. The van der Waals surface area contributed by atoms with Gasteiger partial charge in [0.15, 0.2) is 5.69 Å². The van der Waals surface area contributed by atoms with Crippen LogP contribution in [0.2, 0.25) is 0 Å². The van der Waals surface area contributed by atoms with Gasteiger partial charge in [0.05, 0.1) is 17.1 Å². The molecule has 1 heterocycles. The van der Waals surface area contributed by atoms with E-state index in [0.717, 1.165) is 29.3 Å². The molecule has 0 fully saturated rings. The van der Waals surface area contributed by atoms with Crippen molar-refractivity contribution in [1.82, 2.24) is 15.1 Å². The second-order valence-electron chi connectivity index (χ2n) is 7.15. The number of carbonyl (C=O) groups excluding carboxylic acids is 1. The fourth-order valence-corrected chi connectivity index (χ4v) is 3.20. The summed E-state index contributed by atoms with van der Waals surface area (Å²) in [6, 6.07) is 19.8. The molecule has 0 saturated carbocycles. The van der Waals surface area contributed by atoms with E-state index in [4.69, 9.17) is 5.26 Å². The third kappa shape index (κ3) is 4.17. The summed E-state index contributed by atoms with van der Waals surface area (Å²) in [6.07, 6.45) is 2.22. The summed E-state index contributed by atoms with van der Waals surface area (Å²) in [5.74, 6) is -0.184. The highest BCUT2D eigenvalue weighted by Gasteiger charge is 2.26. The summed E-state index contributed by atoms with van der Waals surface area (Å²) in [6.45, 7) is 4.67. The number of nitrogens with one attached hydrogen (secondary N) is 1. The molecule has 0 spiro atoms. The first-order valence-corrected chi connectivity index (χ1v) is 9.23. The lowest BCUT2D eigenvalue weighted by Gasteiger charge is -2.26. The van der Waals surface area contributed by atoms with Gasteiger partial charge < -0.3 is 5.32 Å². The van der Waals surface area contributed by atoms with Crippen molar-refractivity contribution in [3.05, 3.63) is 65.9 Å². The average Bonchev–Trinajstić information content (AvgIpc) is 3.05. The number of fused-ring (bicyclic) bond motifs is 1. The molecule has 0 saturated heterocycles. The summed E-state index contributed by atoms with van der Waals surface area (Å²) in [5.41, 5.74) is 1.92. The molecule has 27 heavy (non-hydrogen) atoms. The van der Waals surface area contributed by atoms with Crippen LogP contribution >= 0.6 is 0 Å². The average molecular weight is 360 g/mol. The largest absolute Gasteiger partial charge is 0.342 e. The van der Waals surface area contributed by atoms with E-state index >= 15 is 0 Å². The van der Waals surface area contributed by atoms with E-state index in [9.17, 15) is 4.79 Å². The molecule has 1 aromatic heterocycles. The Hall–Kier alpha value is -3.13. The lowest BCUT2D eigenvalue weighted by atomic mass is 9.94. The number of carbonyl (C=O) groups is 1. The number of aromatic nitrogens is 2. The van der Waals surface area contributed by atoms with Gasteiger partial charge >= 0.3 is 0 Å². The first kappa shape index (κ1) is 18.7. The number of benzene rings is 2. The van der Waals surface area contributed by atoms with E-state index in [-0.39, 0.29) is 5.91 Å². The van der Waals surface area contributed by atoms with Crippen LogP contribution < -0.4 is 5.32 Å². The maximum absolute atomic E-state index is 13.0. The summed E-state index contributed by atoms with van der Waals surface area (Å²) in [4.78, 5) is 13.0. The molecule has 0 aliphatic carbocycles. The van der Waals surface area contributed by atoms with Crippen molar-refractivity contribution in [2.75, 3.05) is 0 Å². The number of rotatable bonds is 7. The highest BCUT2D eigenvalue weighted by atomic mass is 16.2. The predicted octanol–water partition coefficient (Wildman–Crippen LogP) is 4.40. The van der Waals surface area contributed by atoms with Crippen molar-refractivity contribution in [1.29, 1.82) is 5.26 Å². The van der Waals surface area contributed by atoms with Gasteiger partial charge in [-0.2, -0.15) is 10.4 Å². The third-order valence-electron chi connectivity index (χ3n) is 4.70. The summed E-state index contributed by atoms with van der Waals surface area (Å²) in [7, 11) is 0. The number of nitriles is 1. The van der Waals surface area contributed by atoms with Crippen LogP contribution in [0.3, 0.4) is 0 Å². The van der Waals surface area contributed by atoms with E-state index in [0.29, 0.717) is 18.7 Å². The second kappa shape index (κ2) is 8.05. The third-order valence-corrected chi connectivity index (χ3v) is 4.70. The van der Waals surface area contributed by atoms with Gasteiger partial charge in [-0.05, 0) is 38.3 Å². The van der Waals surface area contributed by atoms with Gasteiger partial charge in [-0.25, -0.2) is 0 Å². The number of amides is 1. The van der Waals surface area contributed by atoms with E-state index < -0.39 is 5.54 Å². The lowest BCUT2D eigenvalue weighted by molar-refractivity contribution is 0.0907. The molecule has 0 bridgehead atoms. The van der Waals surface area contributed by atoms with Crippen LogP contribution in [0.15, 0.2) is 54.6 Å². The standard InChI is InChI=1S/C22H24N4O/c1-22(2,17-11-5-3-6-12-17)24-21(27)20-18-13-7-8-14-19(18)26(25-20)16-10-4-9-15-23/h3,5-8,11-14H,4,9-10,16H2,1-2H3,(H,24,27). The van der Waals surface area contributed by atoms with Crippen molar-refractivity contribution < 1.29 is 4.79 Å². The first-order chi connectivity index (χ1) is 13.0. The fraction of sp³-hybridized carbons (Fsp3) is 0.318. The van der Waals surface area contributed by atoms with Crippen LogP contribution in [0.4, 0.5) is 0 Å². The van der Waals surface area contributed by atoms with E-state index in [1.54, 1.807) is 0 Å². The Morgan fingerprint density at radius 1 is 1.11 bits per heavy atom. The monoisotopic (exact) mass is 360 g/mol. The molecule has 138 valence electrons. The second-order valence-corrected chi connectivity index (χ2v) is 7.15. The Kier molecular flexibility index (Phi) is 5.56. The van der Waals surface area contributed by atoms with Crippen molar-refractivity contribution >= 4 is 16.8 Å². The molecule has 0 aliphatic rings. The summed E-state index contributed by atoms with van der Waals surface area (Å²) >= 11 is 0. The molecule has 5 heteroatoms. The maximum atomic E-state index is 13.0. The number of hydrogen-bond acceptors (Lipinski definition) is 3. The molecule has 3 aromatic rings. The zero-order chi connectivity index (χ0) is 19.3. The highest BCUT2D eigenvalue weighted by Crippen LogP contribution is 2.23. The number of nitrogens with zero attached hydrogens (tertiary/aromatic N) is 3. The molecule has 0 aliphatic heterocycles. The number of hydrogen-bond donors (Lipinski definition) is 1. The Bertz CT molecular complexity index is 967. The minimum atomic E-state index is -0.504. The molecule has 0 atom stereocenters. The first-order valence-electron chi connectivity index (χ1n) is 9.23. The van der Waals surface area contributed by atoms with Crippen LogP contribution in [0.25, 0.3) is 10.9 Å². The predicted molar refractivity (Wildman–Crippen MR) is 106 cm³/mol. The maximum Gasteiger partial charge on any atom is 0.273 e. The van der Waals surface area contributed by atoms with Crippen molar-refractivity contribution in [2.24, 2.45) is 0 Å². The Morgan fingerprint density at radius 3 is 2.56 bits per heavy atom. The quantitative estimate of drug-likeness (QED) is 0.635. The Balaban J connectivity index is 1.85. The summed E-state index contributed by atoms with van der Waals surface area (Å²) in [5, 5.41) is 17.2. The molecule has 2 aromatic carbocycles. The zero-order valence-electron chi connectivity index (χ0n) is 15.8. The van der Waals surface area contributed by atoms with E-state index in [2.05, 4.69) is 16.5 Å². The van der Waals surface area contributed by atoms with Gasteiger partial charge in [0.1, 0.15) is 0 Å². The molecule has 0 unspecified atom stereocenters. The van der Waals surface area contributed by atoms with Crippen molar-refractivity contribution in [3.8, 4) is 6.07 Å². The molecule has 0 radical (unpaired) electrons. The van der Waals surface area contributed by atoms with Crippen LogP contribution in [-0.2, 0) is 12.1 Å². The van der Waals surface area contributed by atoms with Crippen LogP contribution in [0.5, 0.6) is 0 Å². The normalized spacial score (nSPS) is 11.3. The molecular weight excluding hydrogens is 336 g/mol. The Labute approximate surface area is 159 Å². The smallest absolute Gasteiger partial charge is 0.273 e. The minimum Gasteiger partial charge on any atom is -0.342 e. The number of para-hydroxylation sites is 1. The van der Waals surface area contributed by atoms with E-state index in [1.807, 2.05) is 73.1 Å². The number of unbranched alkanes of at least 4 members (excludes halogenated alkanes) is 2. The molecule has 3 rings (SSSR count). The van der Waals surface area contributed by atoms with Gasteiger partial charge in [0.2, 0.25) is 0 Å². The lowest BCUT2D eigenvalue weighted by Crippen LogP contribution is -2.41. The topological polar surface area (TPSA) is 70.7 Å². The van der Waals surface area contributed by atoms with E-state index in [1.165, 1.54) is 0 Å². The van der Waals surface area contributed by atoms with Crippen LogP contribution in [0, 0.1) is 11.3 Å². The zero-order valence-corrected chi connectivity index (χ0v) is 15.8. The minimum absolute atomic E-state index is 0.184. The molecule has 5 nitrogen and oxygen atoms in total.